The Morgan fingerprint density at radius 3 is 2.73 bits per heavy atom. The summed E-state index contributed by atoms with van der Waals surface area (Å²) >= 11 is 1.50. The molecule has 3 aromatic rings. The Hall–Kier alpha value is -3.79. The number of rotatable bonds is 6. The number of allylic oxidation sites excluding steroid dienone is 2. The van der Waals surface area contributed by atoms with Crippen LogP contribution in [0.15, 0.2) is 41.9 Å². The van der Waals surface area contributed by atoms with Gasteiger partial charge in [-0.15, -0.1) is 11.3 Å². The highest BCUT2D eigenvalue weighted by Gasteiger charge is 2.61. The Balaban J connectivity index is 1.33. The highest BCUT2D eigenvalue weighted by Crippen LogP contribution is 2.58. The average Bonchev–Trinajstić information content (AvgIpc) is 3.35. The van der Waals surface area contributed by atoms with Crippen molar-refractivity contribution in [3.63, 3.8) is 0 Å². The molecule has 0 radical (unpaired) electrons. The zero-order valence-electron chi connectivity index (χ0n) is 26.4. The van der Waals surface area contributed by atoms with Gasteiger partial charge in [0, 0.05) is 54.5 Å². The van der Waals surface area contributed by atoms with Gasteiger partial charge in [0.2, 0.25) is 5.91 Å². The van der Waals surface area contributed by atoms with Crippen LogP contribution in [0.3, 0.4) is 0 Å². The molecular weight excluding hydrogens is 590 g/mol. The van der Waals surface area contributed by atoms with E-state index in [1.54, 1.807) is 25.1 Å². The quantitative estimate of drug-likeness (QED) is 0.235. The minimum atomic E-state index is -0.841. The lowest BCUT2D eigenvalue weighted by molar-refractivity contribution is -0.152. The van der Waals surface area contributed by atoms with E-state index < -0.39 is 17.3 Å². The van der Waals surface area contributed by atoms with E-state index >= 15 is 0 Å². The van der Waals surface area contributed by atoms with Gasteiger partial charge in [-0.05, 0) is 70.4 Å². The maximum atomic E-state index is 14.1. The number of amides is 1. The largest absolute Gasteiger partial charge is 0.496 e. The van der Waals surface area contributed by atoms with Crippen molar-refractivity contribution >= 4 is 39.9 Å². The van der Waals surface area contributed by atoms with Crippen LogP contribution >= 0.6 is 11.3 Å². The lowest BCUT2D eigenvalue weighted by Gasteiger charge is -2.25. The Morgan fingerprint density at radius 1 is 1.16 bits per heavy atom. The van der Waals surface area contributed by atoms with E-state index in [1.165, 1.54) is 11.3 Å². The topological polar surface area (TPSA) is 108 Å². The summed E-state index contributed by atoms with van der Waals surface area (Å²) in [4.78, 5) is 52.3. The standard InChI is InChI=1S/C35H41N3O6S/c1-5-43-34(41)35-19-22(35)10-8-6-7-9-14-38(3)33(40)26-17-23(16-25(26)28(39)20-35)44-30-18-27(32-36-13-15-45-32)37-31-21(2)29(42-4)12-11-24(30)31/h8,10-13,15,18,22-23,25-26H,5-7,9,14,16-17,19-20H2,1-4H3/b10-8-/t22-,23+,25+,26+,35+/m0/s1. The van der Waals surface area contributed by atoms with Crippen LogP contribution in [0.4, 0.5) is 0 Å². The van der Waals surface area contributed by atoms with Gasteiger partial charge in [0.25, 0.3) is 0 Å². The number of methoxy groups -OCH3 is 1. The molecule has 0 spiro atoms. The molecule has 2 aromatic heterocycles. The highest BCUT2D eigenvalue weighted by molar-refractivity contribution is 7.13. The molecule has 45 heavy (non-hydrogen) atoms. The number of Topliss-reactive ketones (excluding diaryl/α,β-unsaturated/α-hetero) is 1. The molecule has 238 valence electrons. The summed E-state index contributed by atoms with van der Waals surface area (Å²) in [7, 11) is 3.46. The molecule has 1 amide bonds. The molecule has 2 aliphatic carbocycles. The zero-order valence-corrected chi connectivity index (χ0v) is 27.2. The fourth-order valence-electron chi connectivity index (χ4n) is 7.13. The SMILES string of the molecule is CCOC(=O)[C@]12CC(=O)[C@@H]3C[C@@H](Oc4cc(-c5nccs5)nc5c(C)c(OC)ccc45)C[C@H]3C(=O)N(C)CCCC/C=C\[C@H]1C2. The molecule has 2 saturated carbocycles. The molecule has 9 nitrogen and oxygen atoms in total. The summed E-state index contributed by atoms with van der Waals surface area (Å²) < 4.78 is 17.8. The average molecular weight is 632 g/mol. The molecule has 3 heterocycles. The molecular formula is C35H41N3O6S. The van der Waals surface area contributed by atoms with Crippen LogP contribution in [-0.2, 0) is 19.1 Å². The van der Waals surface area contributed by atoms with Gasteiger partial charge < -0.3 is 19.1 Å². The second kappa shape index (κ2) is 12.9. The Bertz CT molecular complexity index is 1620. The predicted molar refractivity (Wildman–Crippen MR) is 172 cm³/mol. The van der Waals surface area contributed by atoms with Crippen LogP contribution in [0.2, 0.25) is 0 Å². The second-order valence-corrected chi connectivity index (χ2v) is 13.5. The summed E-state index contributed by atoms with van der Waals surface area (Å²) in [6.45, 7) is 4.66. The maximum Gasteiger partial charge on any atom is 0.313 e. The van der Waals surface area contributed by atoms with Crippen molar-refractivity contribution in [2.75, 3.05) is 27.3 Å². The summed E-state index contributed by atoms with van der Waals surface area (Å²) in [5.74, 6) is -0.115. The molecule has 0 saturated heterocycles. The Kier molecular flexibility index (Phi) is 8.95. The number of pyridine rings is 1. The van der Waals surface area contributed by atoms with E-state index in [9.17, 15) is 14.4 Å². The van der Waals surface area contributed by atoms with Crippen LogP contribution in [-0.4, -0.2) is 65.9 Å². The summed E-state index contributed by atoms with van der Waals surface area (Å²) in [5, 5.41) is 3.51. The smallest absolute Gasteiger partial charge is 0.313 e. The fraction of sp³-hybridized carbons (Fsp3) is 0.514. The number of hydrogen-bond acceptors (Lipinski definition) is 9. The van der Waals surface area contributed by atoms with E-state index in [-0.39, 0.29) is 42.7 Å². The highest BCUT2D eigenvalue weighted by atomic mass is 32.1. The predicted octanol–water partition coefficient (Wildman–Crippen LogP) is 6.18. The monoisotopic (exact) mass is 631 g/mol. The number of carbonyl (C=O) groups excluding carboxylic acids is 3. The molecule has 3 aliphatic rings. The van der Waals surface area contributed by atoms with Crippen molar-refractivity contribution in [3.8, 4) is 22.2 Å². The lowest BCUT2D eigenvalue weighted by atomic mass is 9.84. The van der Waals surface area contributed by atoms with Crippen LogP contribution in [0.25, 0.3) is 21.6 Å². The van der Waals surface area contributed by atoms with Crippen molar-refractivity contribution in [2.45, 2.75) is 64.9 Å². The number of aromatic nitrogens is 2. The Labute approximate surface area is 268 Å². The van der Waals surface area contributed by atoms with E-state index in [0.29, 0.717) is 37.3 Å². The first-order valence-corrected chi connectivity index (χ1v) is 16.8. The van der Waals surface area contributed by atoms with Gasteiger partial charge in [-0.2, -0.15) is 0 Å². The van der Waals surface area contributed by atoms with Crippen LogP contribution in [0, 0.1) is 30.1 Å². The number of hydrogen-bond donors (Lipinski definition) is 0. The van der Waals surface area contributed by atoms with Gasteiger partial charge in [-0.1, -0.05) is 12.2 Å². The molecule has 1 aromatic carbocycles. The molecule has 5 atom stereocenters. The van der Waals surface area contributed by atoms with Crippen LogP contribution in [0.1, 0.15) is 57.4 Å². The third-order valence-electron chi connectivity index (χ3n) is 9.73. The van der Waals surface area contributed by atoms with Gasteiger partial charge >= 0.3 is 5.97 Å². The molecule has 0 unspecified atom stereocenters. The van der Waals surface area contributed by atoms with Crippen molar-refractivity contribution in [3.05, 3.63) is 47.5 Å². The molecule has 2 fully saturated rings. The minimum Gasteiger partial charge on any atom is -0.496 e. The number of thiazole rings is 1. The Morgan fingerprint density at radius 2 is 1.98 bits per heavy atom. The number of carbonyl (C=O) groups is 3. The zero-order chi connectivity index (χ0) is 31.7. The second-order valence-electron chi connectivity index (χ2n) is 12.6. The van der Waals surface area contributed by atoms with Gasteiger partial charge in [0.1, 0.15) is 34.1 Å². The van der Waals surface area contributed by atoms with Gasteiger partial charge in [-0.3, -0.25) is 14.4 Å². The number of nitrogens with zero attached hydrogens (tertiary/aromatic N) is 3. The van der Waals surface area contributed by atoms with E-state index in [1.807, 2.05) is 37.6 Å². The summed E-state index contributed by atoms with van der Waals surface area (Å²) in [6, 6.07) is 5.74. The minimum absolute atomic E-state index is 0.0126. The first-order valence-electron chi connectivity index (χ1n) is 15.9. The van der Waals surface area contributed by atoms with Gasteiger partial charge in [0.05, 0.1) is 30.6 Å². The normalized spacial score (nSPS) is 27.8. The number of aryl methyl sites for hydroxylation is 1. The van der Waals surface area contributed by atoms with Crippen LogP contribution < -0.4 is 9.47 Å². The van der Waals surface area contributed by atoms with Crippen molar-refractivity contribution in [1.82, 2.24) is 14.9 Å². The van der Waals surface area contributed by atoms with E-state index in [0.717, 1.165) is 46.5 Å². The third kappa shape index (κ3) is 6.09. The van der Waals surface area contributed by atoms with Crippen LogP contribution in [0.5, 0.6) is 11.5 Å². The van der Waals surface area contributed by atoms with Crippen molar-refractivity contribution < 1.29 is 28.6 Å². The van der Waals surface area contributed by atoms with Gasteiger partial charge in [-0.25, -0.2) is 9.97 Å². The maximum absolute atomic E-state index is 14.1. The van der Waals surface area contributed by atoms with Crippen molar-refractivity contribution in [2.24, 2.45) is 23.2 Å². The lowest BCUT2D eigenvalue weighted by Crippen LogP contribution is -2.38. The number of esters is 1. The number of fused-ring (bicyclic) bond motifs is 3. The molecule has 10 heteroatoms. The number of benzene rings is 1. The fourth-order valence-corrected chi connectivity index (χ4v) is 7.73. The van der Waals surface area contributed by atoms with Gasteiger partial charge in [0.15, 0.2) is 0 Å². The summed E-state index contributed by atoms with van der Waals surface area (Å²) in [5.41, 5.74) is 1.50. The van der Waals surface area contributed by atoms with E-state index in [4.69, 9.17) is 19.2 Å². The summed E-state index contributed by atoms with van der Waals surface area (Å²) in [6.07, 6.45) is 9.77. The first kappa shape index (κ1) is 31.2. The molecule has 0 N–H and O–H groups in total. The third-order valence-corrected chi connectivity index (χ3v) is 10.5. The first-order chi connectivity index (χ1) is 21.8. The van der Waals surface area contributed by atoms with E-state index in [2.05, 4.69) is 17.1 Å². The van der Waals surface area contributed by atoms with Crippen molar-refractivity contribution in [1.29, 1.82) is 0 Å². The number of ether oxygens (including phenoxy) is 3. The molecule has 1 aliphatic heterocycles. The molecule has 0 bridgehead atoms. The number of ketones is 1. The molecule has 6 rings (SSSR count).